The highest BCUT2D eigenvalue weighted by molar-refractivity contribution is 6.30. The molecule has 2 N–H and O–H groups in total. The third-order valence-electron chi connectivity index (χ3n) is 5.38. The molecular formula is C23H25ClFNO5. The number of benzene rings is 2. The summed E-state index contributed by atoms with van der Waals surface area (Å²) in [6.45, 7) is 0.439. The average molecular weight is 450 g/mol. The molecule has 1 amide bonds. The summed E-state index contributed by atoms with van der Waals surface area (Å²) in [4.78, 5) is 22.8. The Morgan fingerprint density at radius 3 is 2.32 bits per heavy atom. The molecule has 1 saturated carbocycles. The van der Waals surface area contributed by atoms with Crippen molar-refractivity contribution in [1.82, 2.24) is 0 Å². The second kappa shape index (κ2) is 11.1. The quantitative estimate of drug-likeness (QED) is 0.547. The molecule has 0 radical (unpaired) electrons. The molecule has 0 bridgehead atoms. The van der Waals surface area contributed by atoms with E-state index in [1.54, 1.807) is 30.3 Å². The van der Waals surface area contributed by atoms with E-state index in [2.05, 4.69) is 5.32 Å². The fourth-order valence-electron chi connectivity index (χ4n) is 3.76. The Bertz CT molecular complexity index is 897. The Labute approximate surface area is 185 Å². The molecule has 1 aliphatic carbocycles. The molecule has 1 fully saturated rings. The van der Waals surface area contributed by atoms with Crippen LogP contribution in [0.25, 0.3) is 11.1 Å². The number of amides is 1. The van der Waals surface area contributed by atoms with E-state index in [4.69, 9.17) is 26.2 Å². The molecule has 2 aromatic rings. The van der Waals surface area contributed by atoms with Crippen LogP contribution in [-0.4, -0.2) is 37.0 Å². The van der Waals surface area contributed by atoms with Gasteiger partial charge in [0.15, 0.2) is 0 Å². The number of halogens is 2. The van der Waals surface area contributed by atoms with Gasteiger partial charge in [0.05, 0.1) is 18.9 Å². The minimum atomic E-state index is -0.967. The zero-order chi connectivity index (χ0) is 22.2. The Morgan fingerprint density at radius 1 is 1.03 bits per heavy atom. The molecular weight excluding hydrogens is 425 g/mol. The first kappa shape index (κ1) is 23.0. The predicted octanol–water partition coefficient (Wildman–Crippen LogP) is 5.60. The second-order valence-electron chi connectivity index (χ2n) is 7.69. The second-order valence-corrected chi connectivity index (χ2v) is 8.12. The third kappa shape index (κ3) is 6.94. The van der Waals surface area contributed by atoms with Crippen molar-refractivity contribution in [2.24, 2.45) is 11.8 Å². The number of hydrogen-bond acceptors (Lipinski definition) is 4. The number of ether oxygens (including phenoxy) is 2. The summed E-state index contributed by atoms with van der Waals surface area (Å²) >= 11 is 5.91. The van der Waals surface area contributed by atoms with Crippen LogP contribution >= 0.6 is 11.6 Å². The van der Waals surface area contributed by atoms with E-state index < -0.39 is 17.9 Å². The first-order valence-electron chi connectivity index (χ1n) is 10.2. The van der Waals surface area contributed by atoms with Gasteiger partial charge in [-0.05, 0) is 67.3 Å². The summed E-state index contributed by atoms with van der Waals surface area (Å²) in [5.74, 6) is -0.849. The van der Waals surface area contributed by atoms with E-state index in [-0.39, 0.29) is 24.7 Å². The number of rotatable bonds is 8. The van der Waals surface area contributed by atoms with Crippen molar-refractivity contribution in [3.63, 3.8) is 0 Å². The number of carbonyl (C=O) groups is 2. The molecule has 0 unspecified atom stereocenters. The van der Waals surface area contributed by atoms with Gasteiger partial charge in [-0.15, -0.1) is 0 Å². The summed E-state index contributed by atoms with van der Waals surface area (Å²) in [6, 6.07) is 11.2. The summed E-state index contributed by atoms with van der Waals surface area (Å²) in [5, 5.41) is 11.8. The highest BCUT2D eigenvalue weighted by Crippen LogP contribution is 2.32. The molecule has 6 nitrogen and oxygen atoms in total. The molecule has 0 aliphatic heterocycles. The maximum Gasteiger partial charge on any atom is 0.411 e. The van der Waals surface area contributed by atoms with Crippen LogP contribution in [0.2, 0.25) is 5.02 Å². The fraction of sp³-hybridized carbons (Fsp3) is 0.391. The fourth-order valence-corrected chi connectivity index (χ4v) is 3.88. The number of carboxylic acid groups (broad SMARTS) is 1. The van der Waals surface area contributed by atoms with E-state index in [0.29, 0.717) is 28.8 Å². The van der Waals surface area contributed by atoms with Crippen molar-refractivity contribution in [2.75, 3.05) is 25.1 Å². The normalized spacial score (nSPS) is 18.4. The van der Waals surface area contributed by atoms with Gasteiger partial charge in [0, 0.05) is 10.6 Å². The molecule has 0 atom stereocenters. The first-order chi connectivity index (χ1) is 14.9. The zero-order valence-electron chi connectivity index (χ0n) is 17.0. The maximum absolute atomic E-state index is 14.5. The molecule has 2 aromatic carbocycles. The SMILES string of the molecule is O=C(O)COCC1CCC(COC(=O)Nc2cccc(F)c2-c2ccc(Cl)cc2)CC1. The molecule has 8 heteroatoms. The van der Waals surface area contributed by atoms with E-state index in [1.165, 1.54) is 12.1 Å². The lowest BCUT2D eigenvalue weighted by molar-refractivity contribution is -0.142. The van der Waals surface area contributed by atoms with Gasteiger partial charge in [-0.1, -0.05) is 29.8 Å². The standard InChI is InChI=1S/C23H25ClFNO5/c24-18-10-8-17(9-11-18)22-19(25)2-1-3-20(22)26-23(29)31-13-16-6-4-15(5-7-16)12-30-14-21(27)28/h1-3,8-11,15-16H,4-7,12-14H2,(H,26,29)(H,27,28). The van der Waals surface area contributed by atoms with Gasteiger partial charge in [0.2, 0.25) is 0 Å². The van der Waals surface area contributed by atoms with Crippen molar-refractivity contribution in [3.05, 3.63) is 53.3 Å². The first-order valence-corrected chi connectivity index (χ1v) is 10.6. The van der Waals surface area contributed by atoms with Crippen LogP contribution in [0.15, 0.2) is 42.5 Å². The smallest absolute Gasteiger partial charge is 0.411 e. The van der Waals surface area contributed by atoms with E-state index >= 15 is 0 Å². The minimum absolute atomic E-state index is 0.240. The molecule has 1 aliphatic rings. The number of carboxylic acids is 1. The number of anilines is 1. The van der Waals surface area contributed by atoms with Crippen LogP contribution < -0.4 is 5.32 Å². The molecule has 3 rings (SSSR count). The van der Waals surface area contributed by atoms with Crippen molar-refractivity contribution >= 4 is 29.4 Å². The summed E-state index contributed by atoms with van der Waals surface area (Å²) < 4.78 is 25.0. The Kier molecular flexibility index (Phi) is 8.26. The van der Waals surface area contributed by atoms with Crippen molar-refractivity contribution in [3.8, 4) is 11.1 Å². The Hall–Kier alpha value is -2.64. The number of hydrogen-bond donors (Lipinski definition) is 2. The Morgan fingerprint density at radius 2 is 1.68 bits per heavy atom. The monoisotopic (exact) mass is 449 g/mol. The highest BCUT2D eigenvalue weighted by Gasteiger charge is 2.23. The zero-order valence-corrected chi connectivity index (χ0v) is 17.7. The number of nitrogens with one attached hydrogen (secondary N) is 1. The predicted molar refractivity (Wildman–Crippen MR) is 116 cm³/mol. The third-order valence-corrected chi connectivity index (χ3v) is 5.63. The van der Waals surface area contributed by atoms with E-state index in [9.17, 15) is 14.0 Å². The summed E-state index contributed by atoms with van der Waals surface area (Å²) in [7, 11) is 0. The van der Waals surface area contributed by atoms with Gasteiger partial charge in [0.25, 0.3) is 0 Å². The summed E-state index contributed by atoms with van der Waals surface area (Å²) in [6.07, 6.45) is 2.93. The number of aliphatic carboxylic acids is 1. The molecule has 166 valence electrons. The molecule has 0 aromatic heterocycles. The van der Waals surface area contributed by atoms with Crippen molar-refractivity contribution in [1.29, 1.82) is 0 Å². The van der Waals surface area contributed by atoms with Crippen LogP contribution in [0.5, 0.6) is 0 Å². The van der Waals surface area contributed by atoms with Gasteiger partial charge in [0.1, 0.15) is 12.4 Å². The topological polar surface area (TPSA) is 84.9 Å². The van der Waals surface area contributed by atoms with Gasteiger partial charge in [-0.25, -0.2) is 14.0 Å². The average Bonchev–Trinajstić information content (AvgIpc) is 2.74. The van der Waals surface area contributed by atoms with Gasteiger partial charge in [-0.3, -0.25) is 5.32 Å². The number of carbonyl (C=O) groups excluding carboxylic acids is 1. The van der Waals surface area contributed by atoms with Crippen LogP contribution in [-0.2, 0) is 14.3 Å². The summed E-state index contributed by atoms with van der Waals surface area (Å²) in [5.41, 5.74) is 1.20. The van der Waals surface area contributed by atoms with Gasteiger partial charge >= 0.3 is 12.1 Å². The molecule has 0 spiro atoms. The van der Waals surface area contributed by atoms with Gasteiger partial charge in [-0.2, -0.15) is 0 Å². The highest BCUT2D eigenvalue weighted by atomic mass is 35.5. The van der Waals surface area contributed by atoms with Crippen LogP contribution in [0.1, 0.15) is 25.7 Å². The maximum atomic E-state index is 14.5. The van der Waals surface area contributed by atoms with Crippen molar-refractivity contribution in [2.45, 2.75) is 25.7 Å². The lowest BCUT2D eigenvalue weighted by Crippen LogP contribution is -2.25. The minimum Gasteiger partial charge on any atom is -0.480 e. The molecule has 31 heavy (non-hydrogen) atoms. The molecule has 0 heterocycles. The van der Waals surface area contributed by atoms with Crippen LogP contribution in [0.3, 0.4) is 0 Å². The van der Waals surface area contributed by atoms with E-state index in [1.807, 2.05) is 0 Å². The lowest BCUT2D eigenvalue weighted by atomic mass is 9.83. The van der Waals surface area contributed by atoms with Crippen LogP contribution in [0.4, 0.5) is 14.9 Å². The van der Waals surface area contributed by atoms with Gasteiger partial charge < -0.3 is 14.6 Å². The van der Waals surface area contributed by atoms with Crippen molar-refractivity contribution < 1.29 is 28.6 Å². The molecule has 0 saturated heterocycles. The van der Waals surface area contributed by atoms with E-state index in [0.717, 1.165) is 25.7 Å². The Balaban J connectivity index is 1.49. The lowest BCUT2D eigenvalue weighted by Gasteiger charge is -2.27. The largest absolute Gasteiger partial charge is 0.480 e. The van der Waals surface area contributed by atoms with Crippen LogP contribution in [0, 0.1) is 17.7 Å².